The number of carbonyl (C=O) groups is 1. The van der Waals surface area contributed by atoms with Crippen LogP contribution in [0.15, 0.2) is 9.95 Å². The van der Waals surface area contributed by atoms with E-state index in [0.717, 1.165) is 62.3 Å². The molecule has 1 saturated heterocycles. The smallest absolute Gasteiger partial charge is 0.260 e. The minimum absolute atomic E-state index is 0.0403. The number of morpholine rings is 1. The van der Waals surface area contributed by atoms with Crippen LogP contribution < -0.4 is 10.9 Å². The van der Waals surface area contributed by atoms with Gasteiger partial charge >= 0.3 is 0 Å². The Balaban J connectivity index is 1.32. The summed E-state index contributed by atoms with van der Waals surface area (Å²) in [5.41, 5.74) is 1.11. The van der Waals surface area contributed by atoms with Gasteiger partial charge in [-0.3, -0.25) is 14.5 Å². The summed E-state index contributed by atoms with van der Waals surface area (Å²) in [6.07, 6.45) is 4.34. The van der Waals surface area contributed by atoms with E-state index in [0.29, 0.717) is 11.7 Å². The number of amides is 1. The molecule has 146 valence electrons. The monoisotopic (exact) mass is 408 g/mol. The quantitative estimate of drug-likeness (QED) is 0.555. The number of ether oxygens (including phenoxy) is 1. The molecule has 3 heterocycles. The van der Waals surface area contributed by atoms with Crippen molar-refractivity contribution in [1.82, 2.24) is 20.2 Å². The second kappa shape index (κ2) is 8.72. The Morgan fingerprint density at radius 1 is 1.30 bits per heavy atom. The van der Waals surface area contributed by atoms with E-state index in [9.17, 15) is 9.59 Å². The Hall–Kier alpha value is -1.42. The molecule has 0 bridgehead atoms. The van der Waals surface area contributed by atoms with E-state index in [-0.39, 0.29) is 17.2 Å². The summed E-state index contributed by atoms with van der Waals surface area (Å²) < 4.78 is 5.31. The topological polar surface area (TPSA) is 87.3 Å². The Bertz CT molecular complexity index is 873. The van der Waals surface area contributed by atoms with Crippen LogP contribution >= 0.6 is 23.1 Å². The fourth-order valence-electron chi connectivity index (χ4n) is 3.58. The number of H-pyrrole nitrogens is 1. The van der Waals surface area contributed by atoms with Crippen molar-refractivity contribution in [3.63, 3.8) is 0 Å². The third-order valence-electron chi connectivity index (χ3n) is 5.00. The van der Waals surface area contributed by atoms with E-state index in [4.69, 9.17) is 4.74 Å². The van der Waals surface area contributed by atoms with Gasteiger partial charge in [0, 0.05) is 31.1 Å². The summed E-state index contributed by atoms with van der Waals surface area (Å²) in [4.78, 5) is 36.4. The van der Waals surface area contributed by atoms with Crippen LogP contribution in [-0.2, 0) is 22.4 Å². The number of thiophene rings is 1. The highest BCUT2D eigenvalue weighted by Crippen LogP contribution is 2.34. The maximum atomic E-state index is 12.5. The molecule has 1 amide bonds. The van der Waals surface area contributed by atoms with Crippen LogP contribution in [0.25, 0.3) is 10.2 Å². The van der Waals surface area contributed by atoms with Crippen LogP contribution in [-0.4, -0.2) is 65.9 Å². The molecule has 9 heteroatoms. The molecule has 2 aliphatic rings. The van der Waals surface area contributed by atoms with Gasteiger partial charge in [0.05, 0.1) is 24.4 Å². The fourth-order valence-corrected chi connectivity index (χ4v) is 5.59. The van der Waals surface area contributed by atoms with Gasteiger partial charge in [0.2, 0.25) is 5.91 Å². The van der Waals surface area contributed by atoms with Gasteiger partial charge in [-0.05, 0) is 31.2 Å². The number of thioether (sulfide) groups is 1. The van der Waals surface area contributed by atoms with Crippen molar-refractivity contribution in [2.45, 2.75) is 30.8 Å². The maximum absolute atomic E-state index is 12.5. The predicted molar refractivity (Wildman–Crippen MR) is 108 cm³/mol. The number of aryl methyl sites for hydroxylation is 2. The van der Waals surface area contributed by atoms with Gasteiger partial charge in [0.15, 0.2) is 5.16 Å². The minimum atomic E-state index is -0.0744. The number of fused-ring (bicyclic) bond motifs is 3. The lowest BCUT2D eigenvalue weighted by molar-refractivity contribution is -0.118. The molecule has 2 aromatic rings. The molecule has 0 saturated carbocycles. The summed E-state index contributed by atoms with van der Waals surface area (Å²) in [5, 5.41) is 4.21. The fraction of sp³-hybridized carbons (Fsp3) is 0.611. The van der Waals surface area contributed by atoms with Crippen LogP contribution in [0.2, 0.25) is 0 Å². The van der Waals surface area contributed by atoms with Crippen LogP contribution in [0.1, 0.15) is 23.3 Å². The molecule has 4 rings (SSSR count). The van der Waals surface area contributed by atoms with Crippen molar-refractivity contribution in [1.29, 1.82) is 0 Å². The van der Waals surface area contributed by atoms with Gasteiger partial charge in [-0.2, -0.15) is 0 Å². The summed E-state index contributed by atoms with van der Waals surface area (Å²) >= 11 is 2.92. The number of rotatable bonds is 6. The number of carbonyl (C=O) groups excluding carboxylic acids is 1. The normalized spacial score (nSPS) is 17.8. The molecule has 1 aliphatic heterocycles. The van der Waals surface area contributed by atoms with E-state index in [1.807, 2.05) is 0 Å². The van der Waals surface area contributed by atoms with E-state index < -0.39 is 0 Å². The Morgan fingerprint density at radius 2 is 2.11 bits per heavy atom. The second-order valence-electron chi connectivity index (χ2n) is 6.85. The van der Waals surface area contributed by atoms with Crippen LogP contribution in [0.3, 0.4) is 0 Å². The standard InChI is InChI=1S/C18H24N4O3S2/c23-14(19-5-6-22-7-9-25-10-8-22)11-26-18-20-16(24)15-12-3-1-2-4-13(12)27-17(15)21-18/h1-11H2,(H,19,23)(H,20,21,24). The van der Waals surface area contributed by atoms with E-state index >= 15 is 0 Å². The highest BCUT2D eigenvalue weighted by molar-refractivity contribution is 7.99. The van der Waals surface area contributed by atoms with Gasteiger partial charge in [-0.15, -0.1) is 11.3 Å². The first-order valence-corrected chi connectivity index (χ1v) is 11.2. The van der Waals surface area contributed by atoms with Gasteiger partial charge in [0.25, 0.3) is 5.56 Å². The molecule has 2 aromatic heterocycles. The van der Waals surface area contributed by atoms with E-state index in [1.54, 1.807) is 11.3 Å². The van der Waals surface area contributed by atoms with Crippen molar-refractivity contribution < 1.29 is 9.53 Å². The second-order valence-corrected chi connectivity index (χ2v) is 8.90. The van der Waals surface area contributed by atoms with Gasteiger partial charge in [-0.1, -0.05) is 11.8 Å². The third kappa shape index (κ3) is 4.53. The lowest BCUT2D eigenvalue weighted by Gasteiger charge is -2.26. The molecule has 2 N–H and O–H groups in total. The molecular formula is C18H24N4O3S2. The van der Waals surface area contributed by atoms with Gasteiger partial charge < -0.3 is 15.0 Å². The molecule has 0 unspecified atom stereocenters. The number of aromatic amines is 1. The Labute approximate surface area is 165 Å². The largest absolute Gasteiger partial charge is 0.379 e. The van der Waals surface area contributed by atoms with Crippen molar-refractivity contribution in [2.24, 2.45) is 0 Å². The molecule has 1 fully saturated rings. The van der Waals surface area contributed by atoms with Crippen molar-refractivity contribution in [2.75, 3.05) is 45.1 Å². The molecule has 0 aromatic carbocycles. The van der Waals surface area contributed by atoms with Crippen molar-refractivity contribution in [3.8, 4) is 0 Å². The number of nitrogens with zero attached hydrogens (tertiary/aromatic N) is 2. The van der Waals surface area contributed by atoms with E-state index in [1.165, 1.54) is 28.6 Å². The molecule has 0 radical (unpaired) electrons. The zero-order valence-corrected chi connectivity index (χ0v) is 16.8. The first-order chi connectivity index (χ1) is 13.2. The molecule has 0 spiro atoms. The molecule has 1 aliphatic carbocycles. The van der Waals surface area contributed by atoms with Gasteiger partial charge in [0.1, 0.15) is 4.83 Å². The van der Waals surface area contributed by atoms with Crippen molar-refractivity contribution >= 4 is 39.2 Å². The summed E-state index contributed by atoms with van der Waals surface area (Å²) in [6.45, 7) is 4.82. The number of hydrogen-bond donors (Lipinski definition) is 2. The average Bonchev–Trinajstić information content (AvgIpc) is 3.06. The Morgan fingerprint density at radius 3 is 2.96 bits per heavy atom. The highest BCUT2D eigenvalue weighted by Gasteiger charge is 2.20. The summed E-state index contributed by atoms with van der Waals surface area (Å²) in [7, 11) is 0. The lowest BCUT2D eigenvalue weighted by Crippen LogP contribution is -2.41. The third-order valence-corrected chi connectivity index (χ3v) is 7.06. The molecule has 7 nitrogen and oxygen atoms in total. The van der Waals surface area contributed by atoms with E-state index in [2.05, 4.69) is 20.2 Å². The Kier molecular flexibility index (Phi) is 6.11. The zero-order valence-electron chi connectivity index (χ0n) is 15.2. The summed E-state index contributed by atoms with van der Waals surface area (Å²) in [5.74, 6) is 0.212. The van der Waals surface area contributed by atoms with Crippen LogP contribution in [0, 0.1) is 0 Å². The maximum Gasteiger partial charge on any atom is 0.260 e. The number of hydrogen-bond acceptors (Lipinski definition) is 7. The highest BCUT2D eigenvalue weighted by atomic mass is 32.2. The molecular weight excluding hydrogens is 384 g/mol. The zero-order chi connectivity index (χ0) is 18.6. The predicted octanol–water partition coefficient (Wildman–Crippen LogP) is 1.40. The summed E-state index contributed by atoms with van der Waals surface area (Å²) in [6, 6.07) is 0. The molecule has 0 atom stereocenters. The first-order valence-electron chi connectivity index (χ1n) is 9.45. The van der Waals surface area contributed by atoms with Crippen LogP contribution in [0.4, 0.5) is 0 Å². The lowest BCUT2D eigenvalue weighted by atomic mass is 9.97. The number of nitrogens with one attached hydrogen (secondary N) is 2. The average molecular weight is 409 g/mol. The first kappa shape index (κ1) is 18.9. The van der Waals surface area contributed by atoms with Crippen molar-refractivity contribution in [3.05, 3.63) is 20.8 Å². The van der Waals surface area contributed by atoms with Crippen LogP contribution in [0.5, 0.6) is 0 Å². The minimum Gasteiger partial charge on any atom is -0.379 e. The molecule has 27 heavy (non-hydrogen) atoms. The SMILES string of the molecule is O=C(CSc1nc2sc3c(c2c(=O)[nH]1)CCCC3)NCCN1CCOCC1. The van der Waals surface area contributed by atoms with Gasteiger partial charge in [-0.25, -0.2) is 4.98 Å². The number of aromatic nitrogens is 2.